The van der Waals surface area contributed by atoms with E-state index in [9.17, 15) is 4.79 Å². The second kappa shape index (κ2) is 5.25. The van der Waals surface area contributed by atoms with Crippen LogP contribution in [0.4, 0.5) is 0 Å². The van der Waals surface area contributed by atoms with Crippen LogP contribution in [0.2, 0.25) is 0 Å². The molecular weight excluding hydrogens is 304 g/mol. The number of nitrogens with zero attached hydrogens (tertiary/aromatic N) is 1. The first-order valence-electron chi connectivity index (χ1n) is 6.63. The maximum absolute atomic E-state index is 12.6. The fraction of sp³-hybridized carbons (Fsp3) is 0.533. The van der Waals surface area contributed by atoms with Crippen LogP contribution in [0, 0.1) is 12.3 Å². The normalized spacial score (nSPS) is 22.4. The van der Waals surface area contributed by atoms with E-state index in [0.717, 1.165) is 35.1 Å². The predicted molar refractivity (Wildman–Crippen MR) is 81.2 cm³/mol. The third-order valence-electron chi connectivity index (χ3n) is 4.10. The first kappa shape index (κ1) is 14.5. The summed E-state index contributed by atoms with van der Waals surface area (Å²) in [6, 6.07) is 5.93. The number of piperidine rings is 1. The number of hydrogen-bond acceptors (Lipinski definition) is 2. The second-order valence-electron chi connectivity index (χ2n) is 6.02. The molecule has 1 aliphatic heterocycles. The fourth-order valence-electron chi connectivity index (χ4n) is 2.56. The molecule has 2 N–H and O–H groups in total. The van der Waals surface area contributed by atoms with Gasteiger partial charge in [0, 0.05) is 29.2 Å². The molecule has 1 saturated heterocycles. The van der Waals surface area contributed by atoms with Gasteiger partial charge in [-0.1, -0.05) is 35.8 Å². The molecule has 1 aromatic rings. The highest BCUT2D eigenvalue weighted by Gasteiger charge is 2.35. The van der Waals surface area contributed by atoms with Crippen LogP contribution in [0.1, 0.15) is 36.2 Å². The van der Waals surface area contributed by atoms with E-state index in [1.807, 2.05) is 30.0 Å². The standard InChI is InChI=1S/C15H21BrN2O/c1-10-11(5-4-6-12(10)16)14(19)18-8-7-13(17)15(2,3)9-18/h4-6,13H,7-9,17H2,1-3H3. The Bertz CT molecular complexity index is 499. The largest absolute Gasteiger partial charge is 0.338 e. The van der Waals surface area contributed by atoms with Crippen molar-refractivity contribution in [1.82, 2.24) is 4.90 Å². The van der Waals surface area contributed by atoms with Gasteiger partial charge >= 0.3 is 0 Å². The van der Waals surface area contributed by atoms with Crippen molar-refractivity contribution < 1.29 is 4.79 Å². The quantitative estimate of drug-likeness (QED) is 0.863. The lowest BCUT2D eigenvalue weighted by Crippen LogP contribution is -2.54. The highest BCUT2D eigenvalue weighted by atomic mass is 79.9. The lowest BCUT2D eigenvalue weighted by atomic mass is 9.79. The first-order chi connectivity index (χ1) is 8.83. The van der Waals surface area contributed by atoms with Crippen molar-refractivity contribution in [2.45, 2.75) is 33.2 Å². The van der Waals surface area contributed by atoms with Gasteiger partial charge in [-0.3, -0.25) is 4.79 Å². The number of carbonyl (C=O) groups excluding carboxylic acids is 1. The van der Waals surface area contributed by atoms with E-state index in [4.69, 9.17) is 5.73 Å². The third-order valence-corrected chi connectivity index (χ3v) is 4.96. The Balaban J connectivity index is 2.23. The molecule has 3 nitrogen and oxygen atoms in total. The highest BCUT2D eigenvalue weighted by Crippen LogP contribution is 2.29. The van der Waals surface area contributed by atoms with E-state index in [2.05, 4.69) is 29.8 Å². The molecule has 1 heterocycles. The number of rotatable bonds is 1. The van der Waals surface area contributed by atoms with Gasteiger partial charge in [-0.25, -0.2) is 0 Å². The fourth-order valence-corrected chi connectivity index (χ4v) is 2.92. The summed E-state index contributed by atoms with van der Waals surface area (Å²) in [6.07, 6.45) is 0.867. The van der Waals surface area contributed by atoms with Crippen molar-refractivity contribution in [3.63, 3.8) is 0 Å². The SMILES string of the molecule is Cc1c(Br)cccc1C(=O)N1CCC(N)C(C)(C)C1. The van der Waals surface area contributed by atoms with E-state index in [0.29, 0.717) is 0 Å². The molecule has 0 radical (unpaired) electrons. The minimum atomic E-state index is -0.0200. The number of halogens is 1. The number of amides is 1. The van der Waals surface area contributed by atoms with Crippen LogP contribution in [-0.4, -0.2) is 29.9 Å². The number of benzene rings is 1. The van der Waals surface area contributed by atoms with Crippen LogP contribution >= 0.6 is 15.9 Å². The van der Waals surface area contributed by atoms with E-state index in [1.54, 1.807) is 0 Å². The van der Waals surface area contributed by atoms with Crippen LogP contribution in [-0.2, 0) is 0 Å². The molecule has 0 bridgehead atoms. The number of likely N-dealkylation sites (tertiary alicyclic amines) is 1. The zero-order chi connectivity index (χ0) is 14.2. The van der Waals surface area contributed by atoms with Crippen molar-refractivity contribution in [3.8, 4) is 0 Å². The monoisotopic (exact) mass is 324 g/mol. The van der Waals surface area contributed by atoms with Gasteiger partial charge in [0.1, 0.15) is 0 Å². The Morgan fingerprint density at radius 1 is 1.47 bits per heavy atom. The van der Waals surface area contributed by atoms with Crippen molar-refractivity contribution >= 4 is 21.8 Å². The Labute approximate surface area is 123 Å². The van der Waals surface area contributed by atoms with Gasteiger partial charge in [-0.05, 0) is 36.5 Å². The van der Waals surface area contributed by atoms with Gasteiger partial charge in [0.15, 0.2) is 0 Å². The molecule has 1 atom stereocenters. The molecule has 0 saturated carbocycles. The van der Waals surface area contributed by atoms with Crippen LogP contribution < -0.4 is 5.73 Å². The van der Waals surface area contributed by atoms with E-state index in [1.165, 1.54) is 0 Å². The Morgan fingerprint density at radius 2 is 2.16 bits per heavy atom. The predicted octanol–water partition coefficient (Wildman–Crippen LogP) is 2.96. The smallest absolute Gasteiger partial charge is 0.254 e. The number of nitrogens with two attached hydrogens (primary N) is 1. The number of hydrogen-bond donors (Lipinski definition) is 1. The first-order valence-corrected chi connectivity index (χ1v) is 7.42. The summed E-state index contributed by atoms with van der Waals surface area (Å²) in [4.78, 5) is 14.6. The molecule has 1 fully saturated rings. The van der Waals surface area contributed by atoms with Crippen molar-refractivity contribution in [2.75, 3.05) is 13.1 Å². The molecule has 1 aromatic carbocycles. The molecule has 4 heteroatoms. The maximum Gasteiger partial charge on any atom is 0.254 e. The van der Waals surface area contributed by atoms with Gasteiger partial charge < -0.3 is 10.6 Å². The van der Waals surface area contributed by atoms with Crippen LogP contribution in [0.15, 0.2) is 22.7 Å². The molecule has 1 unspecified atom stereocenters. The van der Waals surface area contributed by atoms with Crippen molar-refractivity contribution in [2.24, 2.45) is 11.1 Å². The minimum Gasteiger partial charge on any atom is -0.338 e. The average molecular weight is 325 g/mol. The molecule has 1 amide bonds. The third kappa shape index (κ3) is 2.84. The van der Waals surface area contributed by atoms with E-state index < -0.39 is 0 Å². The zero-order valence-electron chi connectivity index (χ0n) is 11.7. The minimum absolute atomic E-state index is 0.0200. The Hall–Kier alpha value is -0.870. The molecule has 19 heavy (non-hydrogen) atoms. The zero-order valence-corrected chi connectivity index (χ0v) is 13.3. The van der Waals surface area contributed by atoms with Gasteiger partial charge in [0.25, 0.3) is 5.91 Å². The average Bonchev–Trinajstić information content (AvgIpc) is 2.35. The lowest BCUT2D eigenvalue weighted by Gasteiger charge is -2.42. The summed E-state index contributed by atoms with van der Waals surface area (Å²) in [6.45, 7) is 7.70. The van der Waals surface area contributed by atoms with Crippen LogP contribution in [0.25, 0.3) is 0 Å². The number of carbonyl (C=O) groups is 1. The van der Waals surface area contributed by atoms with Crippen molar-refractivity contribution in [3.05, 3.63) is 33.8 Å². The summed E-state index contributed by atoms with van der Waals surface area (Å²) in [5.41, 5.74) is 7.88. The van der Waals surface area contributed by atoms with E-state index >= 15 is 0 Å². The molecule has 1 aliphatic rings. The summed E-state index contributed by atoms with van der Waals surface area (Å²) in [5, 5.41) is 0. The van der Waals surface area contributed by atoms with Crippen LogP contribution in [0.5, 0.6) is 0 Å². The summed E-state index contributed by atoms with van der Waals surface area (Å²) in [7, 11) is 0. The molecule has 104 valence electrons. The van der Waals surface area contributed by atoms with Gasteiger partial charge in [0.05, 0.1) is 0 Å². The molecule has 0 spiro atoms. The maximum atomic E-state index is 12.6. The van der Waals surface area contributed by atoms with E-state index in [-0.39, 0.29) is 17.4 Å². The Kier molecular flexibility index (Phi) is 4.02. The van der Waals surface area contributed by atoms with Crippen molar-refractivity contribution in [1.29, 1.82) is 0 Å². The van der Waals surface area contributed by atoms with Gasteiger partial charge in [-0.2, -0.15) is 0 Å². The molecule has 2 rings (SSSR count). The van der Waals surface area contributed by atoms with Gasteiger partial charge in [0.2, 0.25) is 0 Å². The second-order valence-corrected chi connectivity index (χ2v) is 6.88. The van der Waals surface area contributed by atoms with Crippen LogP contribution in [0.3, 0.4) is 0 Å². The molecule has 0 aromatic heterocycles. The Morgan fingerprint density at radius 3 is 2.79 bits per heavy atom. The molecular formula is C15H21BrN2O. The highest BCUT2D eigenvalue weighted by molar-refractivity contribution is 9.10. The summed E-state index contributed by atoms with van der Waals surface area (Å²) < 4.78 is 0.978. The summed E-state index contributed by atoms with van der Waals surface area (Å²) in [5.74, 6) is 0.110. The topological polar surface area (TPSA) is 46.3 Å². The summed E-state index contributed by atoms with van der Waals surface area (Å²) >= 11 is 3.48. The van der Waals surface area contributed by atoms with Gasteiger partial charge in [-0.15, -0.1) is 0 Å². The molecule has 0 aliphatic carbocycles. The lowest BCUT2D eigenvalue weighted by molar-refractivity contribution is 0.0532.